The van der Waals surface area contributed by atoms with Gasteiger partial charge in [-0.2, -0.15) is 4.31 Å². The molecule has 1 aromatic heterocycles. The minimum atomic E-state index is -3.25. The number of ether oxygens (including phenoxy) is 2. The van der Waals surface area contributed by atoms with Crippen molar-refractivity contribution < 1.29 is 22.7 Å². The second-order valence-electron chi connectivity index (χ2n) is 5.88. The van der Waals surface area contributed by atoms with Crippen LogP contribution < -0.4 is 20.1 Å². The molecule has 0 unspecified atom stereocenters. The highest BCUT2D eigenvalue weighted by molar-refractivity contribution is 7.88. The molecule has 2 N–H and O–H groups in total. The molecule has 0 radical (unpaired) electrons. The average Bonchev–Trinajstić information content (AvgIpc) is 3.01. The summed E-state index contributed by atoms with van der Waals surface area (Å²) in [5.41, 5.74) is 1.36. The van der Waals surface area contributed by atoms with E-state index in [9.17, 15) is 13.2 Å². The Morgan fingerprint density at radius 3 is 2.63 bits per heavy atom. The molecule has 146 valence electrons. The van der Waals surface area contributed by atoms with E-state index >= 15 is 0 Å². The van der Waals surface area contributed by atoms with Crippen molar-refractivity contribution in [1.29, 1.82) is 0 Å². The normalized spacial score (nSPS) is 14.3. The fraction of sp³-hybridized carbons (Fsp3) is 0.375. The number of benzene rings is 1. The van der Waals surface area contributed by atoms with Gasteiger partial charge in [0.25, 0.3) is 0 Å². The van der Waals surface area contributed by atoms with Crippen LogP contribution in [-0.4, -0.2) is 50.8 Å². The predicted octanol–water partition coefficient (Wildman–Crippen LogP) is 2.12. The molecule has 1 aliphatic heterocycles. The Morgan fingerprint density at radius 1 is 1.22 bits per heavy atom. The van der Waals surface area contributed by atoms with Gasteiger partial charge in [0, 0.05) is 36.1 Å². The molecule has 0 aliphatic carbocycles. The van der Waals surface area contributed by atoms with E-state index in [4.69, 9.17) is 9.47 Å². The van der Waals surface area contributed by atoms with Crippen molar-refractivity contribution in [2.75, 3.05) is 37.7 Å². The number of urea groups is 1. The molecule has 2 aromatic rings. The summed E-state index contributed by atoms with van der Waals surface area (Å²) in [6, 6.07) is 4.58. The van der Waals surface area contributed by atoms with Crippen molar-refractivity contribution in [3.05, 3.63) is 28.8 Å². The quantitative estimate of drug-likeness (QED) is 0.778. The van der Waals surface area contributed by atoms with Gasteiger partial charge in [-0.1, -0.05) is 11.3 Å². The molecular weight excluding hydrogens is 392 g/mol. The standard InChI is InChI=1S/C16H20N4O5S2/c1-24-12-5-4-10(8-13(12)25-2)17-15(21)19-16-18-11-6-7-20(27(3,22)23)9-14(11)26-16/h4-5,8H,6-7,9H2,1-3H3,(H2,17,18,19,21). The number of carbonyl (C=O) groups excluding carboxylic acids is 1. The summed E-state index contributed by atoms with van der Waals surface area (Å²) in [7, 11) is -0.195. The first-order valence-corrected chi connectivity index (χ1v) is 10.7. The molecule has 1 aromatic carbocycles. The van der Waals surface area contributed by atoms with Crippen LogP contribution in [0.2, 0.25) is 0 Å². The van der Waals surface area contributed by atoms with E-state index in [1.165, 1.54) is 36.1 Å². The number of carbonyl (C=O) groups is 1. The lowest BCUT2D eigenvalue weighted by Crippen LogP contribution is -2.34. The third kappa shape index (κ3) is 4.49. The van der Waals surface area contributed by atoms with Crippen LogP contribution >= 0.6 is 11.3 Å². The number of amides is 2. The molecule has 0 saturated carbocycles. The molecule has 0 saturated heterocycles. The number of rotatable bonds is 5. The van der Waals surface area contributed by atoms with Crippen LogP contribution in [-0.2, 0) is 23.0 Å². The summed E-state index contributed by atoms with van der Waals surface area (Å²) < 4.78 is 35.2. The van der Waals surface area contributed by atoms with E-state index in [0.717, 1.165) is 10.6 Å². The Kier molecular flexibility index (Phi) is 5.53. The first-order valence-electron chi connectivity index (χ1n) is 8.04. The van der Waals surface area contributed by atoms with Crippen molar-refractivity contribution in [3.8, 4) is 11.5 Å². The fourth-order valence-electron chi connectivity index (χ4n) is 2.68. The summed E-state index contributed by atoms with van der Waals surface area (Å²) in [6.07, 6.45) is 1.71. The number of aromatic nitrogens is 1. The molecule has 0 bridgehead atoms. The molecule has 1 aliphatic rings. The van der Waals surface area contributed by atoms with E-state index in [1.54, 1.807) is 18.2 Å². The first kappa shape index (κ1) is 19.4. The maximum absolute atomic E-state index is 12.2. The average molecular weight is 412 g/mol. The molecule has 9 nitrogen and oxygen atoms in total. The zero-order chi connectivity index (χ0) is 19.6. The minimum absolute atomic E-state index is 0.283. The number of methoxy groups -OCH3 is 2. The lowest BCUT2D eigenvalue weighted by Gasteiger charge is -2.23. The predicted molar refractivity (Wildman–Crippen MR) is 103 cm³/mol. The third-order valence-electron chi connectivity index (χ3n) is 4.03. The number of anilines is 2. The number of thiazole rings is 1. The topological polar surface area (TPSA) is 110 Å². The van der Waals surface area contributed by atoms with Gasteiger partial charge in [-0.3, -0.25) is 5.32 Å². The number of nitrogens with zero attached hydrogens (tertiary/aromatic N) is 2. The molecular formula is C16H20N4O5S2. The lowest BCUT2D eigenvalue weighted by molar-refractivity contribution is 0.262. The Hall–Kier alpha value is -2.37. The Labute approximate surface area is 161 Å². The number of sulfonamides is 1. The van der Waals surface area contributed by atoms with Gasteiger partial charge in [0.2, 0.25) is 10.0 Å². The molecule has 2 amide bonds. The summed E-state index contributed by atoms with van der Waals surface area (Å²) >= 11 is 1.27. The van der Waals surface area contributed by atoms with Gasteiger partial charge in [-0.05, 0) is 12.1 Å². The number of fused-ring (bicyclic) bond motifs is 1. The number of hydrogen-bond acceptors (Lipinski definition) is 7. The number of hydrogen-bond donors (Lipinski definition) is 2. The van der Waals surface area contributed by atoms with Crippen LogP contribution in [0.5, 0.6) is 11.5 Å². The van der Waals surface area contributed by atoms with Gasteiger partial charge in [0.05, 0.1) is 26.2 Å². The van der Waals surface area contributed by atoms with Crippen molar-refractivity contribution >= 4 is 38.2 Å². The maximum Gasteiger partial charge on any atom is 0.325 e. The van der Waals surface area contributed by atoms with E-state index in [-0.39, 0.29) is 6.54 Å². The van der Waals surface area contributed by atoms with Crippen LogP contribution in [0, 0.1) is 0 Å². The van der Waals surface area contributed by atoms with Crippen molar-refractivity contribution in [3.63, 3.8) is 0 Å². The van der Waals surface area contributed by atoms with Gasteiger partial charge in [-0.15, -0.1) is 0 Å². The second kappa shape index (κ2) is 7.71. The van der Waals surface area contributed by atoms with Crippen molar-refractivity contribution in [2.45, 2.75) is 13.0 Å². The third-order valence-corrected chi connectivity index (χ3v) is 6.27. The van der Waals surface area contributed by atoms with Crippen molar-refractivity contribution in [2.24, 2.45) is 0 Å². The fourth-order valence-corrected chi connectivity index (χ4v) is 4.57. The zero-order valence-electron chi connectivity index (χ0n) is 15.1. The van der Waals surface area contributed by atoms with Crippen LogP contribution in [0.25, 0.3) is 0 Å². The highest BCUT2D eigenvalue weighted by Gasteiger charge is 2.26. The lowest BCUT2D eigenvalue weighted by atomic mass is 10.2. The Morgan fingerprint density at radius 2 is 1.96 bits per heavy atom. The van der Waals surface area contributed by atoms with Gasteiger partial charge in [-0.25, -0.2) is 18.2 Å². The van der Waals surface area contributed by atoms with Crippen molar-refractivity contribution in [1.82, 2.24) is 9.29 Å². The van der Waals surface area contributed by atoms with Crippen LogP contribution in [0.15, 0.2) is 18.2 Å². The molecule has 3 rings (SSSR count). The van der Waals surface area contributed by atoms with E-state index in [0.29, 0.717) is 35.3 Å². The summed E-state index contributed by atoms with van der Waals surface area (Å²) in [5.74, 6) is 1.06. The van der Waals surface area contributed by atoms with E-state index in [2.05, 4.69) is 15.6 Å². The van der Waals surface area contributed by atoms with Crippen LogP contribution in [0.3, 0.4) is 0 Å². The summed E-state index contributed by atoms with van der Waals surface area (Å²) in [6.45, 7) is 0.678. The second-order valence-corrected chi connectivity index (χ2v) is 8.95. The highest BCUT2D eigenvalue weighted by Crippen LogP contribution is 2.31. The Balaban J connectivity index is 1.67. The molecule has 11 heteroatoms. The first-order chi connectivity index (χ1) is 12.8. The van der Waals surface area contributed by atoms with Gasteiger partial charge < -0.3 is 14.8 Å². The molecule has 2 heterocycles. The summed E-state index contributed by atoms with van der Waals surface area (Å²) in [5, 5.41) is 5.81. The number of nitrogens with one attached hydrogen (secondary N) is 2. The molecule has 0 fully saturated rings. The smallest absolute Gasteiger partial charge is 0.325 e. The zero-order valence-corrected chi connectivity index (χ0v) is 16.7. The maximum atomic E-state index is 12.2. The largest absolute Gasteiger partial charge is 0.493 e. The molecule has 27 heavy (non-hydrogen) atoms. The SMILES string of the molecule is COc1ccc(NC(=O)Nc2nc3c(s2)CN(S(C)(=O)=O)CC3)cc1OC. The van der Waals surface area contributed by atoms with Gasteiger partial charge in [0.1, 0.15) is 0 Å². The molecule has 0 spiro atoms. The molecule has 0 atom stereocenters. The van der Waals surface area contributed by atoms with E-state index in [1.807, 2.05) is 0 Å². The summed E-state index contributed by atoms with van der Waals surface area (Å²) in [4.78, 5) is 17.5. The van der Waals surface area contributed by atoms with Crippen LogP contribution in [0.1, 0.15) is 10.6 Å². The van der Waals surface area contributed by atoms with E-state index < -0.39 is 16.1 Å². The minimum Gasteiger partial charge on any atom is -0.493 e. The Bertz CT molecular complexity index is 958. The monoisotopic (exact) mass is 412 g/mol. The van der Waals surface area contributed by atoms with Gasteiger partial charge >= 0.3 is 6.03 Å². The van der Waals surface area contributed by atoms with Gasteiger partial charge in [0.15, 0.2) is 16.6 Å². The van der Waals surface area contributed by atoms with Crippen LogP contribution in [0.4, 0.5) is 15.6 Å². The highest BCUT2D eigenvalue weighted by atomic mass is 32.2.